The van der Waals surface area contributed by atoms with Crippen LogP contribution in [-0.4, -0.2) is 32.4 Å². The highest BCUT2D eigenvalue weighted by molar-refractivity contribution is 5.89. The molecular formula is C14H19NO3. The first-order valence-electron chi connectivity index (χ1n) is 6.00. The fraction of sp³-hybridized carbons (Fsp3) is 0.429. The third-order valence-corrected chi connectivity index (χ3v) is 3.17. The summed E-state index contributed by atoms with van der Waals surface area (Å²) in [5.41, 5.74) is 1.12. The van der Waals surface area contributed by atoms with Gasteiger partial charge in [-0.2, -0.15) is 0 Å². The van der Waals surface area contributed by atoms with Crippen LogP contribution < -0.4 is 4.90 Å². The number of aryl methyl sites for hydroxylation is 1. The monoisotopic (exact) mass is 249 g/mol. The summed E-state index contributed by atoms with van der Waals surface area (Å²) in [6.07, 6.45) is 0. The number of rotatable bonds is 5. The lowest BCUT2D eigenvalue weighted by Crippen LogP contribution is -2.21. The van der Waals surface area contributed by atoms with Crippen molar-refractivity contribution in [2.24, 2.45) is 0 Å². The molecule has 0 saturated heterocycles. The van der Waals surface area contributed by atoms with Crippen LogP contribution in [-0.2, 0) is 11.3 Å². The van der Waals surface area contributed by atoms with E-state index in [0.717, 1.165) is 28.8 Å². The van der Waals surface area contributed by atoms with E-state index < -0.39 is 0 Å². The Kier molecular flexibility index (Phi) is 3.89. The minimum Gasteiger partial charge on any atom is -0.463 e. The fourth-order valence-corrected chi connectivity index (χ4v) is 2.07. The van der Waals surface area contributed by atoms with Gasteiger partial charge in [0.25, 0.3) is 0 Å². The summed E-state index contributed by atoms with van der Waals surface area (Å²) in [5.74, 6) is 1.48. The largest absolute Gasteiger partial charge is 0.463 e. The molecule has 4 nitrogen and oxygen atoms in total. The maximum Gasteiger partial charge on any atom is 0.137 e. The molecular weight excluding hydrogens is 230 g/mol. The first-order chi connectivity index (χ1) is 8.67. The number of anilines is 1. The van der Waals surface area contributed by atoms with Crippen molar-refractivity contribution in [3.63, 3.8) is 0 Å². The zero-order valence-corrected chi connectivity index (χ0v) is 11.1. The topological polar surface area (TPSA) is 45.8 Å². The molecule has 2 aromatic rings. The molecule has 0 spiro atoms. The second kappa shape index (κ2) is 5.42. The van der Waals surface area contributed by atoms with Crippen LogP contribution in [0.25, 0.3) is 10.8 Å². The lowest BCUT2D eigenvalue weighted by molar-refractivity contribution is 0.206. The number of hydrogen-bond acceptors (Lipinski definition) is 4. The van der Waals surface area contributed by atoms with E-state index in [2.05, 4.69) is 11.0 Å². The van der Waals surface area contributed by atoms with E-state index in [1.807, 2.05) is 26.1 Å². The Labute approximate surface area is 107 Å². The van der Waals surface area contributed by atoms with Gasteiger partial charge in [0, 0.05) is 37.2 Å². The molecule has 0 aliphatic heterocycles. The number of nitrogens with zero attached hydrogens (tertiary/aromatic N) is 1. The molecule has 4 heteroatoms. The highest BCUT2D eigenvalue weighted by Gasteiger charge is 2.11. The molecule has 0 bridgehead atoms. The molecule has 0 atom stereocenters. The average molecular weight is 249 g/mol. The molecule has 98 valence electrons. The summed E-state index contributed by atoms with van der Waals surface area (Å²) >= 11 is 0. The quantitative estimate of drug-likeness (QED) is 0.883. The molecule has 1 heterocycles. The molecule has 0 aliphatic carbocycles. The third kappa shape index (κ3) is 2.35. The van der Waals surface area contributed by atoms with E-state index in [1.54, 1.807) is 7.11 Å². The maximum atomic E-state index is 9.22. The highest BCUT2D eigenvalue weighted by Crippen LogP contribution is 2.29. The van der Waals surface area contributed by atoms with Crippen LogP contribution in [0.4, 0.5) is 5.69 Å². The molecule has 0 amide bonds. The number of aliphatic hydroxyl groups excluding tert-OH is 1. The summed E-state index contributed by atoms with van der Waals surface area (Å²) in [7, 11) is 3.73. The van der Waals surface area contributed by atoms with Crippen LogP contribution in [0, 0.1) is 6.92 Å². The minimum atomic E-state index is -0.0663. The molecule has 0 saturated carbocycles. The number of ether oxygens (including phenoxy) is 1. The summed E-state index contributed by atoms with van der Waals surface area (Å²) < 4.78 is 10.6. The van der Waals surface area contributed by atoms with Crippen LogP contribution in [0.1, 0.15) is 11.5 Å². The molecule has 0 aliphatic rings. The number of likely N-dealkylation sites (N-methyl/N-ethyl adjacent to an activating group) is 1. The fourth-order valence-electron chi connectivity index (χ4n) is 2.07. The minimum absolute atomic E-state index is 0.0663. The van der Waals surface area contributed by atoms with E-state index in [-0.39, 0.29) is 6.61 Å². The SMILES string of the molecule is COCCN(C)c1ccc2c(CO)oc(C)c2c1. The van der Waals surface area contributed by atoms with E-state index in [4.69, 9.17) is 9.15 Å². The summed E-state index contributed by atoms with van der Waals surface area (Å²) in [4.78, 5) is 2.13. The second-order valence-electron chi connectivity index (χ2n) is 4.38. The first kappa shape index (κ1) is 12.9. The van der Waals surface area contributed by atoms with Crippen molar-refractivity contribution in [2.45, 2.75) is 13.5 Å². The maximum absolute atomic E-state index is 9.22. The van der Waals surface area contributed by atoms with Gasteiger partial charge in [-0.05, 0) is 25.1 Å². The van der Waals surface area contributed by atoms with Crippen molar-refractivity contribution in [1.82, 2.24) is 0 Å². The number of fused-ring (bicyclic) bond motifs is 1. The number of methoxy groups -OCH3 is 1. The van der Waals surface area contributed by atoms with Crippen molar-refractivity contribution < 1.29 is 14.3 Å². The molecule has 18 heavy (non-hydrogen) atoms. The highest BCUT2D eigenvalue weighted by atomic mass is 16.5. The van der Waals surface area contributed by atoms with Crippen molar-refractivity contribution in [2.75, 3.05) is 32.2 Å². The molecule has 0 fully saturated rings. The smallest absolute Gasteiger partial charge is 0.137 e. The zero-order chi connectivity index (χ0) is 13.1. The first-order valence-corrected chi connectivity index (χ1v) is 6.00. The summed E-state index contributed by atoms with van der Waals surface area (Å²) in [5, 5.41) is 11.3. The van der Waals surface area contributed by atoms with Gasteiger partial charge in [-0.15, -0.1) is 0 Å². The van der Waals surface area contributed by atoms with E-state index in [1.165, 1.54) is 0 Å². The molecule has 1 aromatic carbocycles. The number of aliphatic hydroxyl groups is 1. The normalized spacial score (nSPS) is 11.1. The molecule has 2 rings (SSSR count). The van der Waals surface area contributed by atoms with Crippen molar-refractivity contribution in [3.8, 4) is 0 Å². The number of hydrogen-bond donors (Lipinski definition) is 1. The molecule has 1 aromatic heterocycles. The average Bonchev–Trinajstić information content (AvgIpc) is 2.72. The van der Waals surface area contributed by atoms with Gasteiger partial charge in [0.2, 0.25) is 0 Å². The van der Waals surface area contributed by atoms with Gasteiger partial charge in [0.15, 0.2) is 0 Å². The summed E-state index contributed by atoms with van der Waals surface area (Å²) in [6.45, 7) is 3.39. The Bertz CT molecular complexity index is 533. The standard InChI is InChI=1S/C14H19NO3/c1-10-13-8-11(15(2)6-7-17-3)4-5-12(13)14(9-16)18-10/h4-5,8,16H,6-7,9H2,1-3H3. The van der Waals surface area contributed by atoms with E-state index in [0.29, 0.717) is 12.4 Å². The molecule has 0 radical (unpaired) electrons. The Hall–Kier alpha value is -1.52. The van der Waals surface area contributed by atoms with Gasteiger partial charge < -0.3 is 19.2 Å². The van der Waals surface area contributed by atoms with Crippen LogP contribution in [0.3, 0.4) is 0 Å². The second-order valence-corrected chi connectivity index (χ2v) is 4.38. The predicted octanol–water partition coefficient (Wildman–Crippen LogP) is 2.32. The van der Waals surface area contributed by atoms with E-state index >= 15 is 0 Å². The van der Waals surface area contributed by atoms with E-state index in [9.17, 15) is 5.11 Å². The van der Waals surface area contributed by atoms with Crippen molar-refractivity contribution >= 4 is 16.5 Å². The van der Waals surface area contributed by atoms with Gasteiger partial charge in [-0.25, -0.2) is 0 Å². The van der Waals surface area contributed by atoms with Crippen molar-refractivity contribution in [3.05, 3.63) is 29.7 Å². The lowest BCUT2D eigenvalue weighted by Gasteiger charge is -2.18. The van der Waals surface area contributed by atoms with Crippen LogP contribution in [0.5, 0.6) is 0 Å². The van der Waals surface area contributed by atoms with Crippen LogP contribution in [0.15, 0.2) is 22.6 Å². The van der Waals surface area contributed by atoms with Gasteiger partial charge >= 0.3 is 0 Å². The number of furan rings is 1. The van der Waals surface area contributed by atoms with Crippen molar-refractivity contribution in [1.29, 1.82) is 0 Å². The molecule has 1 N–H and O–H groups in total. The Morgan fingerprint density at radius 3 is 2.78 bits per heavy atom. The van der Waals surface area contributed by atoms with Gasteiger partial charge in [-0.3, -0.25) is 0 Å². The lowest BCUT2D eigenvalue weighted by atomic mass is 10.1. The predicted molar refractivity (Wildman–Crippen MR) is 72.0 cm³/mol. The van der Waals surface area contributed by atoms with Crippen LogP contribution in [0.2, 0.25) is 0 Å². The van der Waals surface area contributed by atoms with Gasteiger partial charge in [0.05, 0.1) is 6.61 Å². The Morgan fingerprint density at radius 1 is 1.33 bits per heavy atom. The number of benzene rings is 1. The van der Waals surface area contributed by atoms with Crippen LogP contribution >= 0.6 is 0 Å². The molecule has 0 unspecified atom stereocenters. The van der Waals surface area contributed by atoms with Gasteiger partial charge in [-0.1, -0.05) is 0 Å². The van der Waals surface area contributed by atoms with Gasteiger partial charge in [0.1, 0.15) is 18.1 Å². The zero-order valence-electron chi connectivity index (χ0n) is 11.1. The third-order valence-electron chi connectivity index (χ3n) is 3.17. The Morgan fingerprint density at radius 2 is 2.11 bits per heavy atom. The summed E-state index contributed by atoms with van der Waals surface area (Å²) in [6, 6.07) is 6.12. The Balaban J connectivity index is 2.35.